The average molecular weight is 316 g/mol. The van der Waals surface area contributed by atoms with Gasteiger partial charge in [-0.25, -0.2) is 4.68 Å². The van der Waals surface area contributed by atoms with Crippen molar-refractivity contribution in [1.29, 1.82) is 0 Å². The molecule has 2 rings (SSSR count). The van der Waals surface area contributed by atoms with Crippen molar-refractivity contribution in [3.63, 3.8) is 0 Å². The van der Waals surface area contributed by atoms with Crippen molar-refractivity contribution < 1.29 is 9.59 Å². The molecule has 0 radical (unpaired) electrons. The summed E-state index contributed by atoms with van der Waals surface area (Å²) in [6.07, 6.45) is 2.57. The zero-order chi connectivity index (χ0) is 16.8. The first-order chi connectivity index (χ1) is 11.0. The fourth-order valence-corrected chi connectivity index (χ4v) is 2.18. The Labute approximate surface area is 134 Å². The molecule has 0 aliphatic rings. The zero-order valence-electron chi connectivity index (χ0n) is 13.4. The fourth-order valence-electron chi connectivity index (χ4n) is 2.18. The molecule has 2 N–H and O–H groups in total. The second-order valence-electron chi connectivity index (χ2n) is 4.94. The smallest absolute Gasteiger partial charge is 0.328 e. The maximum Gasteiger partial charge on any atom is 0.328 e. The van der Waals surface area contributed by atoms with Gasteiger partial charge in [0.1, 0.15) is 12.7 Å². The van der Waals surface area contributed by atoms with Crippen LogP contribution >= 0.6 is 0 Å². The Kier molecular flexibility index (Phi) is 5.29. The first-order valence-corrected chi connectivity index (χ1v) is 7.37. The highest BCUT2D eigenvalue weighted by atomic mass is 16.2. The Bertz CT molecular complexity index is 679. The van der Waals surface area contributed by atoms with Crippen molar-refractivity contribution in [2.24, 2.45) is 0 Å². The Hall–Kier alpha value is -2.90. The van der Waals surface area contributed by atoms with Crippen molar-refractivity contribution >= 4 is 23.2 Å². The molecule has 8 heteroatoms. The summed E-state index contributed by atoms with van der Waals surface area (Å²) in [4.78, 5) is 25.9. The number of hydrogen-bond donors (Lipinski definition) is 2. The third kappa shape index (κ3) is 4.06. The van der Waals surface area contributed by atoms with E-state index in [1.54, 1.807) is 6.07 Å². The highest BCUT2D eigenvalue weighted by molar-refractivity contribution is 6.42. The summed E-state index contributed by atoms with van der Waals surface area (Å²) < 4.78 is 1.21. The minimum Gasteiger partial charge on any atom is -0.372 e. The Morgan fingerprint density at radius 3 is 2.35 bits per heavy atom. The number of carbonyl (C=O) groups is 2. The molecular weight excluding hydrogens is 296 g/mol. The topological polar surface area (TPSA) is 92.2 Å². The summed E-state index contributed by atoms with van der Waals surface area (Å²) >= 11 is 0. The number of carbonyl (C=O) groups excluding carboxylic acids is 2. The van der Waals surface area contributed by atoms with Crippen molar-refractivity contribution in [2.75, 3.05) is 28.7 Å². The van der Waals surface area contributed by atoms with Crippen LogP contribution in [0, 0.1) is 6.92 Å². The molecule has 2 aromatic rings. The summed E-state index contributed by atoms with van der Waals surface area (Å²) in [7, 11) is 0. The standard InChI is InChI=1S/C15H20N6O2/c1-4-20(5-2)12-6-7-13(11(3)8-12)18-14(22)15(23)19-21-9-16-17-10-21/h6-10H,4-5H2,1-3H3,(H,18,22)(H,19,23). The van der Waals surface area contributed by atoms with Gasteiger partial charge in [-0.05, 0) is 44.5 Å². The molecule has 0 atom stereocenters. The molecule has 1 heterocycles. The van der Waals surface area contributed by atoms with E-state index in [-0.39, 0.29) is 0 Å². The van der Waals surface area contributed by atoms with Gasteiger partial charge in [-0.1, -0.05) is 0 Å². The van der Waals surface area contributed by atoms with E-state index in [0.717, 1.165) is 24.3 Å². The Balaban J connectivity index is 2.04. The molecule has 0 bridgehead atoms. The van der Waals surface area contributed by atoms with Gasteiger partial charge in [0.2, 0.25) is 0 Å². The number of anilines is 2. The second kappa shape index (κ2) is 7.39. The number of rotatable bonds is 5. The SMILES string of the molecule is CCN(CC)c1ccc(NC(=O)C(=O)Nn2cnnc2)c(C)c1. The monoisotopic (exact) mass is 316 g/mol. The van der Waals surface area contributed by atoms with Gasteiger partial charge in [0.25, 0.3) is 0 Å². The lowest BCUT2D eigenvalue weighted by Crippen LogP contribution is -2.33. The molecule has 1 aromatic carbocycles. The first kappa shape index (κ1) is 16.5. The molecule has 2 amide bonds. The lowest BCUT2D eigenvalue weighted by molar-refractivity contribution is -0.133. The summed E-state index contributed by atoms with van der Waals surface area (Å²) in [5, 5.41) is 9.67. The number of aryl methyl sites for hydroxylation is 1. The van der Waals surface area contributed by atoms with Crippen molar-refractivity contribution in [3.8, 4) is 0 Å². The number of nitrogens with one attached hydrogen (secondary N) is 2. The summed E-state index contributed by atoms with van der Waals surface area (Å²) in [6, 6.07) is 5.71. The van der Waals surface area contributed by atoms with Gasteiger partial charge in [-0.3, -0.25) is 15.0 Å². The lowest BCUT2D eigenvalue weighted by Gasteiger charge is -2.22. The van der Waals surface area contributed by atoms with Crippen LogP contribution in [0.3, 0.4) is 0 Å². The molecule has 0 saturated heterocycles. The number of hydrogen-bond acceptors (Lipinski definition) is 5. The van der Waals surface area contributed by atoms with Crippen LogP contribution in [0.15, 0.2) is 30.9 Å². The van der Waals surface area contributed by atoms with Crippen molar-refractivity contribution in [2.45, 2.75) is 20.8 Å². The van der Waals surface area contributed by atoms with Gasteiger partial charge in [0.15, 0.2) is 0 Å². The zero-order valence-corrected chi connectivity index (χ0v) is 13.4. The molecular formula is C15H20N6O2. The van der Waals surface area contributed by atoms with Gasteiger partial charge in [-0.2, -0.15) is 0 Å². The number of aromatic nitrogens is 3. The van der Waals surface area contributed by atoms with Crippen LogP contribution < -0.4 is 15.6 Å². The van der Waals surface area contributed by atoms with Crippen molar-refractivity contribution in [1.82, 2.24) is 14.9 Å². The molecule has 0 aliphatic heterocycles. The highest BCUT2D eigenvalue weighted by Gasteiger charge is 2.15. The molecule has 0 saturated carbocycles. The third-order valence-corrected chi connectivity index (χ3v) is 3.44. The normalized spacial score (nSPS) is 10.2. The minimum absolute atomic E-state index is 0.602. The van der Waals surface area contributed by atoms with Gasteiger partial charge in [-0.15, -0.1) is 10.2 Å². The lowest BCUT2D eigenvalue weighted by atomic mass is 10.1. The summed E-state index contributed by atoms with van der Waals surface area (Å²) in [5.74, 6) is -1.55. The minimum atomic E-state index is -0.794. The van der Waals surface area contributed by atoms with Crippen LogP contribution in [0.4, 0.5) is 11.4 Å². The van der Waals surface area contributed by atoms with Crippen LogP contribution in [0.5, 0.6) is 0 Å². The molecule has 1 aromatic heterocycles. The van der Waals surface area contributed by atoms with E-state index in [2.05, 4.69) is 39.7 Å². The molecule has 8 nitrogen and oxygen atoms in total. The van der Waals surface area contributed by atoms with Crippen LogP contribution in [0.25, 0.3) is 0 Å². The maximum atomic E-state index is 11.9. The molecule has 0 fully saturated rings. The maximum absolute atomic E-state index is 11.9. The van der Waals surface area contributed by atoms with Crippen LogP contribution in [0.2, 0.25) is 0 Å². The van der Waals surface area contributed by atoms with E-state index >= 15 is 0 Å². The number of amides is 2. The number of nitrogens with zero attached hydrogens (tertiary/aromatic N) is 4. The van der Waals surface area contributed by atoms with Crippen LogP contribution in [0.1, 0.15) is 19.4 Å². The van der Waals surface area contributed by atoms with Gasteiger partial charge >= 0.3 is 11.8 Å². The summed E-state index contributed by atoms with van der Waals surface area (Å²) in [6.45, 7) is 7.87. The van der Waals surface area contributed by atoms with Gasteiger partial charge in [0.05, 0.1) is 0 Å². The second-order valence-corrected chi connectivity index (χ2v) is 4.94. The largest absolute Gasteiger partial charge is 0.372 e. The number of benzene rings is 1. The third-order valence-electron chi connectivity index (χ3n) is 3.44. The van der Waals surface area contributed by atoms with E-state index < -0.39 is 11.8 Å². The highest BCUT2D eigenvalue weighted by Crippen LogP contribution is 2.22. The van der Waals surface area contributed by atoms with Gasteiger partial charge in [0, 0.05) is 24.5 Å². The van der Waals surface area contributed by atoms with Gasteiger partial charge < -0.3 is 10.2 Å². The predicted molar refractivity (Wildman–Crippen MR) is 87.8 cm³/mol. The van der Waals surface area contributed by atoms with Crippen molar-refractivity contribution in [3.05, 3.63) is 36.4 Å². The fraction of sp³-hybridized carbons (Fsp3) is 0.333. The quantitative estimate of drug-likeness (QED) is 0.807. The molecule has 0 spiro atoms. The van der Waals surface area contributed by atoms with E-state index in [1.807, 2.05) is 19.1 Å². The van der Waals surface area contributed by atoms with E-state index in [1.165, 1.54) is 17.3 Å². The molecule has 0 unspecified atom stereocenters. The summed E-state index contributed by atoms with van der Waals surface area (Å²) in [5.41, 5.74) is 4.91. The van der Waals surface area contributed by atoms with E-state index in [0.29, 0.717) is 5.69 Å². The molecule has 122 valence electrons. The van der Waals surface area contributed by atoms with E-state index in [4.69, 9.17) is 0 Å². The Morgan fingerprint density at radius 2 is 1.78 bits per heavy atom. The Morgan fingerprint density at radius 1 is 1.13 bits per heavy atom. The first-order valence-electron chi connectivity index (χ1n) is 7.37. The predicted octanol–water partition coefficient (Wildman–Crippen LogP) is 1.14. The average Bonchev–Trinajstić information content (AvgIpc) is 3.04. The molecule has 0 aliphatic carbocycles. The molecule has 23 heavy (non-hydrogen) atoms. The van der Waals surface area contributed by atoms with Crippen LogP contribution in [-0.4, -0.2) is 39.8 Å². The van der Waals surface area contributed by atoms with E-state index in [9.17, 15) is 9.59 Å². The van der Waals surface area contributed by atoms with Crippen LogP contribution in [-0.2, 0) is 9.59 Å².